The number of nitrogens with zero attached hydrogens (tertiary/aromatic N) is 1. The highest BCUT2D eigenvalue weighted by Crippen LogP contribution is 2.53. The third-order valence-corrected chi connectivity index (χ3v) is 8.27. The highest BCUT2D eigenvalue weighted by Gasteiger charge is 2.46. The van der Waals surface area contributed by atoms with E-state index in [4.69, 9.17) is 4.74 Å². The minimum atomic E-state index is -3.21. The normalized spacial score (nSPS) is 21.2. The predicted octanol–water partition coefficient (Wildman–Crippen LogP) is 7.01. The number of anilines is 1. The van der Waals surface area contributed by atoms with Gasteiger partial charge in [-0.3, -0.25) is 4.79 Å². The van der Waals surface area contributed by atoms with Gasteiger partial charge in [0.2, 0.25) is 6.43 Å². The van der Waals surface area contributed by atoms with Crippen LogP contribution in [-0.4, -0.2) is 48.2 Å². The number of ether oxygens (including phenoxy) is 1. The number of rotatable bonds is 9. The molecule has 1 saturated carbocycles. The van der Waals surface area contributed by atoms with Gasteiger partial charge in [0.1, 0.15) is 12.4 Å². The summed E-state index contributed by atoms with van der Waals surface area (Å²) in [7, 11) is 0. The fourth-order valence-corrected chi connectivity index (χ4v) is 5.90. The van der Waals surface area contributed by atoms with Gasteiger partial charge in [-0.25, -0.2) is 8.78 Å². The molecular formula is C23H31F4NO3S2. The summed E-state index contributed by atoms with van der Waals surface area (Å²) in [6.07, 6.45) is 2.24. The molecule has 1 N–H and O–H groups in total. The van der Waals surface area contributed by atoms with E-state index in [0.717, 1.165) is 30.6 Å². The van der Waals surface area contributed by atoms with Crippen molar-refractivity contribution in [2.24, 2.45) is 11.3 Å². The van der Waals surface area contributed by atoms with Crippen molar-refractivity contribution in [2.45, 2.75) is 79.9 Å². The van der Waals surface area contributed by atoms with E-state index in [9.17, 15) is 18.7 Å². The molecule has 1 heterocycles. The fraction of sp³-hybridized carbons (Fsp3) is 0.696. The predicted molar refractivity (Wildman–Crippen MR) is 124 cm³/mol. The first-order valence-corrected chi connectivity index (χ1v) is 13.2. The molecule has 1 aliphatic heterocycles. The van der Waals surface area contributed by atoms with Crippen LogP contribution in [0.2, 0.25) is 0 Å². The number of alkyl halides is 4. The van der Waals surface area contributed by atoms with Gasteiger partial charge < -0.3 is 14.7 Å². The number of carbonyl (C=O) groups is 1. The average molecular weight is 510 g/mol. The molecular weight excluding hydrogens is 478 g/mol. The molecule has 33 heavy (non-hydrogen) atoms. The van der Waals surface area contributed by atoms with Crippen molar-refractivity contribution < 1.29 is 32.2 Å². The van der Waals surface area contributed by atoms with Gasteiger partial charge in [0.15, 0.2) is 0 Å². The standard InChI is InChI=1S/C23H31F4NO3S2/c1-22(2,21(29)30)13-31-17-11-18-16(10-19(17)32-3)28(15-6-4-5-7-15)12-14(8-9-20(24)25)23(26,27)33-18/h10-11,14-15,20H,4-9,12-13H2,1-3H3,(H,29,30). The zero-order chi connectivity index (χ0) is 24.4. The van der Waals surface area contributed by atoms with E-state index in [-0.39, 0.29) is 25.6 Å². The summed E-state index contributed by atoms with van der Waals surface area (Å²) in [5, 5.41) is 6.16. The first-order chi connectivity index (χ1) is 15.4. The Bertz CT molecular complexity index is 847. The van der Waals surface area contributed by atoms with Gasteiger partial charge in [-0.05, 0) is 63.3 Å². The van der Waals surface area contributed by atoms with E-state index in [1.165, 1.54) is 25.6 Å². The molecule has 186 valence electrons. The van der Waals surface area contributed by atoms with Crippen LogP contribution in [0.4, 0.5) is 23.2 Å². The molecule has 0 amide bonds. The van der Waals surface area contributed by atoms with Gasteiger partial charge in [-0.15, -0.1) is 11.8 Å². The summed E-state index contributed by atoms with van der Waals surface area (Å²) in [5.74, 6) is -1.85. The molecule has 0 saturated heterocycles. The van der Waals surface area contributed by atoms with E-state index in [2.05, 4.69) is 0 Å². The van der Waals surface area contributed by atoms with Crippen molar-refractivity contribution in [2.75, 3.05) is 24.3 Å². The molecule has 2 aliphatic rings. The van der Waals surface area contributed by atoms with Gasteiger partial charge in [-0.2, -0.15) is 8.78 Å². The third kappa shape index (κ3) is 6.24. The second-order valence-electron chi connectivity index (χ2n) is 9.37. The van der Waals surface area contributed by atoms with Crippen molar-refractivity contribution in [3.05, 3.63) is 12.1 Å². The van der Waals surface area contributed by atoms with Crippen LogP contribution in [-0.2, 0) is 4.79 Å². The maximum Gasteiger partial charge on any atom is 0.312 e. The zero-order valence-electron chi connectivity index (χ0n) is 19.1. The summed E-state index contributed by atoms with van der Waals surface area (Å²) in [4.78, 5) is 14.5. The van der Waals surface area contributed by atoms with Crippen LogP contribution in [0, 0.1) is 11.3 Å². The monoisotopic (exact) mass is 509 g/mol. The van der Waals surface area contributed by atoms with E-state index in [0.29, 0.717) is 28.1 Å². The Hall–Kier alpha value is -1.29. The molecule has 0 aromatic heterocycles. The lowest BCUT2D eigenvalue weighted by Gasteiger charge is -2.34. The zero-order valence-corrected chi connectivity index (χ0v) is 20.7. The lowest BCUT2D eigenvalue weighted by Crippen LogP contribution is -2.40. The highest BCUT2D eigenvalue weighted by atomic mass is 32.2. The van der Waals surface area contributed by atoms with Gasteiger partial charge in [-0.1, -0.05) is 12.8 Å². The molecule has 10 heteroatoms. The number of halogens is 4. The first kappa shape index (κ1) is 26.3. The Balaban J connectivity index is 1.99. The Morgan fingerprint density at radius 2 is 2.00 bits per heavy atom. The minimum absolute atomic E-state index is 0.0322. The summed E-state index contributed by atoms with van der Waals surface area (Å²) in [6.45, 7) is 3.00. The smallest absolute Gasteiger partial charge is 0.312 e. The van der Waals surface area contributed by atoms with Crippen molar-refractivity contribution >= 4 is 35.2 Å². The average Bonchev–Trinajstić information content (AvgIpc) is 3.23. The quantitative estimate of drug-likeness (QED) is 0.286. The number of aliphatic carboxylic acids is 1. The van der Waals surface area contributed by atoms with Crippen LogP contribution in [0.15, 0.2) is 21.9 Å². The summed E-state index contributed by atoms with van der Waals surface area (Å²) >= 11 is 1.80. The number of thioether (sulfide) groups is 2. The van der Waals surface area contributed by atoms with Crippen LogP contribution in [0.1, 0.15) is 52.4 Å². The van der Waals surface area contributed by atoms with Crippen molar-refractivity contribution in [1.82, 2.24) is 0 Å². The molecule has 1 aliphatic carbocycles. The van der Waals surface area contributed by atoms with Crippen LogP contribution in [0.25, 0.3) is 0 Å². The Kier molecular flexibility index (Phi) is 8.41. The first-order valence-electron chi connectivity index (χ1n) is 11.1. The molecule has 1 fully saturated rings. The lowest BCUT2D eigenvalue weighted by molar-refractivity contribution is -0.148. The van der Waals surface area contributed by atoms with Crippen molar-refractivity contribution in [3.63, 3.8) is 0 Å². The largest absolute Gasteiger partial charge is 0.491 e. The number of fused-ring (bicyclic) bond motifs is 1. The Morgan fingerprint density at radius 3 is 2.58 bits per heavy atom. The summed E-state index contributed by atoms with van der Waals surface area (Å²) in [5.41, 5.74) is -0.462. The molecule has 1 aromatic rings. The molecule has 0 radical (unpaired) electrons. The highest BCUT2D eigenvalue weighted by molar-refractivity contribution is 8.00. The van der Waals surface area contributed by atoms with Crippen LogP contribution < -0.4 is 9.64 Å². The molecule has 3 rings (SSSR count). The van der Waals surface area contributed by atoms with E-state index in [1.54, 1.807) is 6.07 Å². The van der Waals surface area contributed by atoms with E-state index in [1.807, 2.05) is 17.2 Å². The maximum absolute atomic E-state index is 15.3. The number of benzene rings is 1. The molecule has 4 nitrogen and oxygen atoms in total. The van der Waals surface area contributed by atoms with Gasteiger partial charge in [0, 0.05) is 23.9 Å². The van der Waals surface area contributed by atoms with Crippen LogP contribution in [0.5, 0.6) is 5.75 Å². The van der Waals surface area contributed by atoms with Gasteiger partial charge in [0.05, 0.1) is 21.9 Å². The van der Waals surface area contributed by atoms with Crippen molar-refractivity contribution in [1.29, 1.82) is 0 Å². The van der Waals surface area contributed by atoms with Gasteiger partial charge in [0.25, 0.3) is 0 Å². The Morgan fingerprint density at radius 1 is 1.33 bits per heavy atom. The van der Waals surface area contributed by atoms with E-state index >= 15 is 8.78 Å². The number of hydrogen-bond donors (Lipinski definition) is 1. The third-order valence-electron chi connectivity index (χ3n) is 6.36. The topological polar surface area (TPSA) is 49.8 Å². The molecule has 1 unspecified atom stereocenters. The molecule has 0 bridgehead atoms. The SMILES string of the molecule is CSc1cc2c(cc1OCC(C)(C)C(=O)O)SC(F)(F)C(CCC(F)F)CN2C1CCCC1. The fourth-order valence-electron chi connectivity index (χ4n) is 4.25. The summed E-state index contributed by atoms with van der Waals surface area (Å²) in [6, 6.07) is 3.49. The maximum atomic E-state index is 15.3. The number of hydrogen-bond acceptors (Lipinski definition) is 5. The van der Waals surface area contributed by atoms with Gasteiger partial charge >= 0.3 is 11.2 Å². The molecule has 0 spiro atoms. The Labute approximate surface area is 200 Å². The second-order valence-corrected chi connectivity index (χ2v) is 11.4. The van der Waals surface area contributed by atoms with Crippen LogP contribution >= 0.6 is 23.5 Å². The van der Waals surface area contributed by atoms with E-state index < -0.39 is 35.4 Å². The molecule has 1 aromatic carbocycles. The van der Waals surface area contributed by atoms with Crippen molar-refractivity contribution in [3.8, 4) is 5.75 Å². The summed E-state index contributed by atoms with van der Waals surface area (Å²) < 4.78 is 62.1. The lowest BCUT2D eigenvalue weighted by atomic mass is 9.95. The minimum Gasteiger partial charge on any atom is -0.491 e. The van der Waals surface area contributed by atoms with Crippen LogP contribution in [0.3, 0.4) is 0 Å². The number of carboxylic acid groups (broad SMARTS) is 1. The molecule has 1 atom stereocenters. The second kappa shape index (κ2) is 10.5. The number of carboxylic acids is 1.